The Kier molecular flexibility index (Phi) is 3.23. The Morgan fingerprint density at radius 2 is 1.76 bits per heavy atom. The van der Waals surface area contributed by atoms with Crippen LogP contribution in [0.5, 0.6) is 0 Å². The molecule has 0 saturated heterocycles. The highest BCUT2D eigenvalue weighted by molar-refractivity contribution is 6.10. The van der Waals surface area contributed by atoms with Crippen molar-refractivity contribution in [3.63, 3.8) is 0 Å². The van der Waals surface area contributed by atoms with Gasteiger partial charge in [0.25, 0.3) is 5.91 Å². The maximum absolute atomic E-state index is 13.0. The molecule has 0 aliphatic carbocycles. The lowest BCUT2D eigenvalue weighted by molar-refractivity contribution is 0.102. The molecule has 0 aliphatic rings. The molecule has 5 heteroatoms. The number of nitrogens with two attached hydrogens (primary N) is 1. The number of hydrogen-bond acceptors (Lipinski definition) is 3. The van der Waals surface area contributed by atoms with Crippen molar-refractivity contribution in [2.75, 3.05) is 11.1 Å². The van der Waals surface area contributed by atoms with Crippen LogP contribution in [-0.2, 0) is 0 Å². The molecule has 1 amide bonds. The highest BCUT2D eigenvalue weighted by atomic mass is 19.1. The fourth-order valence-corrected chi connectivity index (χ4v) is 2.12. The van der Waals surface area contributed by atoms with E-state index in [9.17, 15) is 9.18 Å². The van der Waals surface area contributed by atoms with Gasteiger partial charge in [0.15, 0.2) is 0 Å². The smallest absolute Gasteiger partial charge is 0.258 e. The van der Waals surface area contributed by atoms with E-state index >= 15 is 0 Å². The van der Waals surface area contributed by atoms with Crippen LogP contribution in [0.15, 0.2) is 54.6 Å². The maximum Gasteiger partial charge on any atom is 0.258 e. The number of rotatable bonds is 2. The largest absolute Gasteiger partial charge is 0.398 e. The fourth-order valence-electron chi connectivity index (χ4n) is 2.12. The van der Waals surface area contributed by atoms with Crippen molar-refractivity contribution in [2.45, 2.75) is 0 Å². The molecule has 0 spiro atoms. The Balaban J connectivity index is 1.96. The summed E-state index contributed by atoms with van der Waals surface area (Å²) in [6, 6.07) is 15.2. The summed E-state index contributed by atoms with van der Waals surface area (Å²) in [5, 5.41) is 4.40. The highest BCUT2D eigenvalue weighted by Crippen LogP contribution is 2.22. The first-order valence-corrected chi connectivity index (χ1v) is 6.36. The minimum Gasteiger partial charge on any atom is -0.398 e. The number of fused-ring (bicyclic) bond motifs is 1. The molecule has 3 N–H and O–H groups in total. The number of pyridine rings is 1. The molecule has 0 bridgehead atoms. The van der Waals surface area contributed by atoms with E-state index in [1.165, 1.54) is 18.2 Å². The molecule has 0 aliphatic heterocycles. The molecule has 0 saturated carbocycles. The third-order valence-corrected chi connectivity index (χ3v) is 3.12. The summed E-state index contributed by atoms with van der Waals surface area (Å²) in [6.45, 7) is 0. The maximum atomic E-state index is 13.0. The van der Waals surface area contributed by atoms with Gasteiger partial charge in [-0.05, 0) is 35.0 Å². The van der Waals surface area contributed by atoms with Gasteiger partial charge in [0.2, 0.25) is 5.95 Å². The Bertz CT molecular complexity index is 833. The Labute approximate surface area is 120 Å². The van der Waals surface area contributed by atoms with Crippen LogP contribution in [0.3, 0.4) is 0 Å². The SMILES string of the molecule is Nc1cc2ccccc2cc1C(=O)Nc1cccc(F)n1. The highest BCUT2D eigenvalue weighted by Gasteiger charge is 2.12. The third kappa shape index (κ3) is 2.67. The third-order valence-electron chi connectivity index (χ3n) is 3.12. The van der Waals surface area contributed by atoms with Crippen LogP contribution >= 0.6 is 0 Å². The van der Waals surface area contributed by atoms with E-state index in [1.54, 1.807) is 12.1 Å². The lowest BCUT2D eigenvalue weighted by atomic mass is 10.0. The number of halogens is 1. The lowest BCUT2D eigenvalue weighted by Gasteiger charge is -2.08. The van der Waals surface area contributed by atoms with E-state index in [-0.39, 0.29) is 5.82 Å². The van der Waals surface area contributed by atoms with Crippen molar-refractivity contribution < 1.29 is 9.18 Å². The minimum absolute atomic E-state index is 0.146. The van der Waals surface area contributed by atoms with Gasteiger partial charge in [0, 0.05) is 5.69 Å². The summed E-state index contributed by atoms with van der Waals surface area (Å²) in [6.07, 6.45) is 0. The number of carbonyl (C=O) groups excluding carboxylic acids is 1. The number of nitrogen functional groups attached to an aromatic ring is 1. The fraction of sp³-hybridized carbons (Fsp3) is 0. The zero-order valence-electron chi connectivity index (χ0n) is 11.0. The molecule has 4 nitrogen and oxygen atoms in total. The zero-order valence-corrected chi connectivity index (χ0v) is 11.0. The monoisotopic (exact) mass is 281 g/mol. The normalized spacial score (nSPS) is 10.5. The average Bonchev–Trinajstić information content (AvgIpc) is 2.46. The molecule has 0 fully saturated rings. The quantitative estimate of drug-likeness (QED) is 0.560. The van der Waals surface area contributed by atoms with Crippen LogP contribution in [0.1, 0.15) is 10.4 Å². The van der Waals surface area contributed by atoms with Crippen LogP contribution in [0.2, 0.25) is 0 Å². The van der Waals surface area contributed by atoms with Gasteiger partial charge in [-0.15, -0.1) is 0 Å². The number of hydrogen-bond donors (Lipinski definition) is 2. The summed E-state index contributed by atoms with van der Waals surface area (Å²) in [7, 11) is 0. The van der Waals surface area contributed by atoms with E-state index < -0.39 is 11.9 Å². The Hall–Kier alpha value is -2.95. The number of carbonyl (C=O) groups is 1. The predicted molar refractivity (Wildman–Crippen MR) is 80.5 cm³/mol. The van der Waals surface area contributed by atoms with Gasteiger partial charge in [-0.1, -0.05) is 30.3 Å². The number of nitrogens with one attached hydrogen (secondary N) is 1. The molecule has 1 heterocycles. The van der Waals surface area contributed by atoms with Crippen molar-refractivity contribution in [1.82, 2.24) is 4.98 Å². The molecular weight excluding hydrogens is 269 g/mol. The molecule has 0 unspecified atom stereocenters. The van der Waals surface area contributed by atoms with Gasteiger partial charge in [-0.2, -0.15) is 4.39 Å². The second-order valence-corrected chi connectivity index (χ2v) is 4.59. The second kappa shape index (κ2) is 5.20. The van der Waals surface area contributed by atoms with E-state index in [2.05, 4.69) is 10.3 Å². The van der Waals surface area contributed by atoms with Crippen molar-refractivity contribution in [3.8, 4) is 0 Å². The van der Waals surface area contributed by atoms with Gasteiger partial charge in [0.1, 0.15) is 5.82 Å². The summed E-state index contributed by atoms with van der Waals surface area (Å²) in [5.74, 6) is -0.928. The van der Waals surface area contributed by atoms with Gasteiger partial charge < -0.3 is 11.1 Å². The van der Waals surface area contributed by atoms with Crippen LogP contribution < -0.4 is 11.1 Å². The van der Waals surface area contributed by atoms with Gasteiger partial charge in [-0.3, -0.25) is 4.79 Å². The average molecular weight is 281 g/mol. The minimum atomic E-state index is -0.653. The molecule has 3 rings (SSSR count). The van der Waals surface area contributed by atoms with Crippen LogP contribution in [0.4, 0.5) is 15.9 Å². The standard InChI is InChI=1S/C16H12FN3O/c17-14-6-3-7-15(19-14)20-16(21)12-8-10-4-1-2-5-11(10)9-13(12)18/h1-9H,18H2,(H,19,20,21). The van der Waals surface area contributed by atoms with Crippen LogP contribution in [-0.4, -0.2) is 10.9 Å². The Morgan fingerprint density at radius 1 is 1.05 bits per heavy atom. The van der Waals surface area contributed by atoms with Crippen molar-refractivity contribution in [2.24, 2.45) is 0 Å². The summed E-state index contributed by atoms with van der Waals surface area (Å²) >= 11 is 0. The number of aromatic nitrogens is 1. The topological polar surface area (TPSA) is 68.0 Å². The molecule has 2 aromatic carbocycles. The number of benzene rings is 2. The van der Waals surface area contributed by atoms with Gasteiger partial charge in [0.05, 0.1) is 5.56 Å². The molecule has 1 aromatic heterocycles. The van der Waals surface area contributed by atoms with E-state index in [4.69, 9.17) is 5.73 Å². The Morgan fingerprint density at radius 3 is 2.48 bits per heavy atom. The molecule has 3 aromatic rings. The number of nitrogens with zero attached hydrogens (tertiary/aromatic N) is 1. The van der Waals surface area contributed by atoms with Crippen molar-refractivity contribution in [1.29, 1.82) is 0 Å². The first-order chi connectivity index (χ1) is 10.1. The molecular formula is C16H12FN3O. The van der Waals surface area contributed by atoms with Crippen LogP contribution in [0, 0.1) is 5.95 Å². The molecule has 104 valence electrons. The number of amides is 1. The first kappa shape index (κ1) is 13.1. The van der Waals surface area contributed by atoms with Crippen molar-refractivity contribution >= 4 is 28.2 Å². The molecule has 0 radical (unpaired) electrons. The van der Waals surface area contributed by atoms with Gasteiger partial charge in [-0.25, -0.2) is 4.98 Å². The number of anilines is 2. The summed E-state index contributed by atoms with van der Waals surface area (Å²) < 4.78 is 13.0. The lowest BCUT2D eigenvalue weighted by Crippen LogP contribution is -2.15. The van der Waals surface area contributed by atoms with E-state index in [0.717, 1.165) is 10.8 Å². The van der Waals surface area contributed by atoms with E-state index in [1.807, 2.05) is 24.3 Å². The predicted octanol–water partition coefficient (Wildman–Crippen LogP) is 3.21. The second-order valence-electron chi connectivity index (χ2n) is 4.59. The zero-order chi connectivity index (χ0) is 14.8. The van der Waals surface area contributed by atoms with E-state index in [0.29, 0.717) is 11.3 Å². The van der Waals surface area contributed by atoms with Gasteiger partial charge >= 0.3 is 0 Å². The first-order valence-electron chi connectivity index (χ1n) is 6.36. The van der Waals surface area contributed by atoms with Crippen molar-refractivity contribution in [3.05, 3.63) is 66.1 Å². The van der Waals surface area contributed by atoms with Crippen LogP contribution in [0.25, 0.3) is 10.8 Å². The summed E-state index contributed by atoms with van der Waals surface area (Å²) in [4.78, 5) is 15.8. The molecule has 21 heavy (non-hydrogen) atoms. The summed E-state index contributed by atoms with van der Waals surface area (Å²) in [5.41, 5.74) is 6.61. The molecule has 0 atom stereocenters.